The van der Waals surface area contributed by atoms with Crippen LogP contribution in [0.2, 0.25) is 5.02 Å². The van der Waals surface area contributed by atoms with Crippen molar-refractivity contribution < 1.29 is 4.79 Å². The number of nitrogens with one attached hydrogen (secondary N) is 1. The van der Waals surface area contributed by atoms with Gasteiger partial charge in [0.25, 0.3) is 0 Å². The third kappa shape index (κ3) is 4.25. The van der Waals surface area contributed by atoms with E-state index in [1.54, 1.807) is 16.8 Å². The van der Waals surface area contributed by atoms with Gasteiger partial charge in [-0.15, -0.1) is 5.10 Å². The molecule has 0 radical (unpaired) electrons. The van der Waals surface area contributed by atoms with Gasteiger partial charge >= 0.3 is 0 Å². The first-order chi connectivity index (χ1) is 11.6. The molecule has 1 heterocycles. The summed E-state index contributed by atoms with van der Waals surface area (Å²) in [6.07, 6.45) is 0. The molecule has 1 aromatic heterocycles. The third-order valence-corrected chi connectivity index (χ3v) is 5.07. The van der Waals surface area contributed by atoms with Crippen LogP contribution >= 0.6 is 46.0 Å². The SMILES string of the molecule is O=C(CSc1nnnn1-c1cccc(Cl)c1)Nc1ccccc1I. The summed E-state index contributed by atoms with van der Waals surface area (Å²) in [5.41, 5.74) is 1.53. The predicted molar refractivity (Wildman–Crippen MR) is 103 cm³/mol. The maximum absolute atomic E-state index is 12.1. The van der Waals surface area contributed by atoms with Gasteiger partial charge in [0.15, 0.2) is 0 Å². The number of amides is 1. The first-order valence-corrected chi connectivity index (χ1v) is 9.29. The lowest BCUT2D eigenvalue weighted by Gasteiger charge is -2.07. The van der Waals surface area contributed by atoms with Gasteiger partial charge < -0.3 is 5.32 Å². The highest BCUT2D eigenvalue weighted by Crippen LogP contribution is 2.21. The largest absolute Gasteiger partial charge is 0.324 e. The molecule has 24 heavy (non-hydrogen) atoms. The molecule has 0 spiro atoms. The Balaban J connectivity index is 1.67. The quantitative estimate of drug-likeness (QED) is 0.454. The number of tetrazole rings is 1. The van der Waals surface area contributed by atoms with Crippen molar-refractivity contribution in [2.24, 2.45) is 0 Å². The minimum absolute atomic E-state index is 0.121. The minimum atomic E-state index is -0.121. The molecular formula is C15H11ClIN5OS. The van der Waals surface area contributed by atoms with Gasteiger partial charge in [0.1, 0.15) is 0 Å². The number of rotatable bonds is 5. The van der Waals surface area contributed by atoms with Crippen molar-refractivity contribution in [3.05, 3.63) is 57.1 Å². The Hall–Kier alpha value is -1.65. The third-order valence-electron chi connectivity index (χ3n) is 2.97. The Bertz CT molecular complexity index is 872. The second-order valence-corrected chi connectivity index (χ2v) is 7.21. The molecule has 0 saturated heterocycles. The number of thioether (sulfide) groups is 1. The average Bonchev–Trinajstić information content (AvgIpc) is 3.04. The van der Waals surface area contributed by atoms with E-state index in [1.807, 2.05) is 36.4 Å². The normalized spacial score (nSPS) is 10.6. The molecule has 1 N–H and O–H groups in total. The van der Waals surface area contributed by atoms with Crippen LogP contribution in [0.25, 0.3) is 5.69 Å². The van der Waals surface area contributed by atoms with E-state index in [-0.39, 0.29) is 11.7 Å². The van der Waals surface area contributed by atoms with E-state index in [9.17, 15) is 4.79 Å². The molecular weight excluding hydrogens is 461 g/mol. The number of para-hydroxylation sites is 1. The van der Waals surface area contributed by atoms with Gasteiger partial charge in [-0.1, -0.05) is 41.6 Å². The molecule has 0 atom stereocenters. The number of hydrogen-bond donors (Lipinski definition) is 1. The van der Waals surface area contributed by atoms with Crippen LogP contribution in [0.3, 0.4) is 0 Å². The molecule has 122 valence electrons. The van der Waals surface area contributed by atoms with E-state index in [2.05, 4.69) is 43.4 Å². The molecule has 2 aromatic carbocycles. The van der Waals surface area contributed by atoms with Crippen molar-refractivity contribution >= 4 is 57.5 Å². The number of aromatic nitrogens is 4. The van der Waals surface area contributed by atoms with Crippen molar-refractivity contribution in [3.63, 3.8) is 0 Å². The fraction of sp³-hybridized carbons (Fsp3) is 0.0667. The monoisotopic (exact) mass is 471 g/mol. The number of nitrogens with zero attached hydrogens (tertiary/aromatic N) is 4. The number of carbonyl (C=O) groups is 1. The van der Waals surface area contributed by atoms with E-state index in [0.29, 0.717) is 10.2 Å². The van der Waals surface area contributed by atoms with Crippen LogP contribution in [-0.2, 0) is 4.79 Å². The Morgan fingerprint density at radius 3 is 2.88 bits per heavy atom. The van der Waals surface area contributed by atoms with E-state index in [1.165, 1.54) is 11.8 Å². The maximum Gasteiger partial charge on any atom is 0.234 e. The molecule has 0 fully saturated rings. The first-order valence-electron chi connectivity index (χ1n) is 6.85. The molecule has 0 aliphatic carbocycles. The fourth-order valence-corrected chi connectivity index (χ4v) is 3.32. The van der Waals surface area contributed by atoms with Crippen molar-refractivity contribution in [1.29, 1.82) is 0 Å². The molecule has 0 aliphatic rings. The first kappa shape index (κ1) is 17.2. The number of benzene rings is 2. The summed E-state index contributed by atoms with van der Waals surface area (Å²) in [6, 6.07) is 14.8. The molecule has 0 bridgehead atoms. The summed E-state index contributed by atoms with van der Waals surface area (Å²) < 4.78 is 2.54. The number of halogens is 2. The Morgan fingerprint density at radius 1 is 1.25 bits per heavy atom. The van der Waals surface area contributed by atoms with Crippen LogP contribution in [0, 0.1) is 3.57 Å². The topological polar surface area (TPSA) is 72.7 Å². The lowest BCUT2D eigenvalue weighted by atomic mass is 10.3. The van der Waals surface area contributed by atoms with Crippen molar-refractivity contribution in [1.82, 2.24) is 20.2 Å². The molecule has 3 rings (SSSR count). The smallest absolute Gasteiger partial charge is 0.234 e. The summed E-state index contributed by atoms with van der Waals surface area (Å²) in [7, 11) is 0. The van der Waals surface area contributed by atoms with Crippen LogP contribution in [-0.4, -0.2) is 31.9 Å². The zero-order valence-corrected chi connectivity index (χ0v) is 15.9. The Labute approximate surface area is 161 Å². The van der Waals surface area contributed by atoms with Gasteiger partial charge in [-0.2, -0.15) is 4.68 Å². The van der Waals surface area contributed by atoms with E-state index in [0.717, 1.165) is 14.9 Å². The highest BCUT2D eigenvalue weighted by molar-refractivity contribution is 14.1. The second-order valence-electron chi connectivity index (χ2n) is 4.67. The van der Waals surface area contributed by atoms with Crippen LogP contribution in [0.15, 0.2) is 53.7 Å². The molecule has 3 aromatic rings. The van der Waals surface area contributed by atoms with E-state index < -0.39 is 0 Å². The minimum Gasteiger partial charge on any atom is -0.324 e. The number of carbonyl (C=O) groups excluding carboxylic acids is 1. The summed E-state index contributed by atoms with van der Waals surface area (Å²) in [5.74, 6) is 0.0797. The lowest BCUT2D eigenvalue weighted by molar-refractivity contribution is -0.113. The Morgan fingerprint density at radius 2 is 2.08 bits per heavy atom. The Kier molecular flexibility index (Phi) is 5.69. The number of anilines is 1. The van der Waals surface area contributed by atoms with Gasteiger partial charge in [-0.25, -0.2) is 0 Å². The predicted octanol–water partition coefficient (Wildman–Crippen LogP) is 3.65. The highest BCUT2D eigenvalue weighted by Gasteiger charge is 2.12. The zero-order chi connectivity index (χ0) is 16.9. The standard InChI is InChI=1S/C15H11ClIN5OS/c16-10-4-3-5-11(8-10)22-15(19-20-21-22)24-9-14(23)18-13-7-2-1-6-12(13)17/h1-8H,9H2,(H,18,23). The fourth-order valence-electron chi connectivity index (χ4n) is 1.92. The second kappa shape index (κ2) is 7.95. The van der Waals surface area contributed by atoms with E-state index >= 15 is 0 Å². The van der Waals surface area contributed by atoms with Crippen molar-refractivity contribution in [2.75, 3.05) is 11.1 Å². The van der Waals surface area contributed by atoms with Crippen LogP contribution in [0.4, 0.5) is 5.69 Å². The maximum atomic E-state index is 12.1. The van der Waals surface area contributed by atoms with Crippen LogP contribution in [0.1, 0.15) is 0 Å². The van der Waals surface area contributed by atoms with Crippen molar-refractivity contribution in [2.45, 2.75) is 5.16 Å². The van der Waals surface area contributed by atoms with Gasteiger partial charge in [0.05, 0.1) is 17.1 Å². The molecule has 0 aliphatic heterocycles. The summed E-state index contributed by atoms with van der Waals surface area (Å²) in [4.78, 5) is 12.1. The summed E-state index contributed by atoms with van der Waals surface area (Å²) in [6.45, 7) is 0. The van der Waals surface area contributed by atoms with Gasteiger partial charge in [-0.3, -0.25) is 4.79 Å². The van der Waals surface area contributed by atoms with Crippen LogP contribution < -0.4 is 5.32 Å². The molecule has 6 nitrogen and oxygen atoms in total. The number of hydrogen-bond acceptors (Lipinski definition) is 5. The van der Waals surface area contributed by atoms with Gasteiger partial charge in [0.2, 0.25) is 11.1 Å². The molecule has 0 unspecified atom stereocenters. The van der Waals surface area contributed by atoms with E-state index in [4.69, 9.17) is 11.6 Å². The average molecular weight is 472 g/mol. The molecule has 9 heteroatoms. The van der Waals surface area contributed by atoms with Crippen molar-refractivity contribution in [3.8, 4) is 5.69 Å². The summed E-state index contributed by atoms with van der Waals surface area (Å²) in [5, 5.41) is 15.6. The molecule has 1 amide bonds. The summed E-state index contributed by atoms with van der Waals surface area (Å²) >= 11 is 9.43. The zero-order valence-electron chi connectivity index (χ0n) is 12.2. The van der Waals surface area contributed by atoms with Gasteiger partial charge in [0, 0.05) is 8.59 Å². The van der Waals surface area contributed by atoms with Crippen LogP contribution in [0.5, 0.6) is 0 Å². The van der Waals surface area contributed by atoms with Gasteiger partial charge in [-0.05, 0) is 63.3 Å². The molecule has 0 saturated carbocycles. The highest BCUT2D eigenvalue weighted by atomic mass is 127. The lowest BCUT2D eigenvalue weighted by Crippen LogP contribution is -2.15.